The Morgan fingerprint density at radius 3 is 2.32 bits per heavy atom. The number of nitrogens with one attached hydrogen (secondary N) is 1. The molecule has 152 valence electrons. The van der Waals surface area contributed by atoms with Crippen molar-refractivity contribution in [3.05, 3.63) is 59.9 Å². The fraction of sp³-hybridized carbons (Fsp3) is 0.316. The van der Waals surface area contributed by atoms with Gasteiger partial charge in [-0.2, -0.15) is 12.7 Å². The molecule has 2 aromatic rings. The minimum absolute atomic E-state index is 0.190. The summed E-state index contributed by atoms with van der Waals surface area (Å²) >= 11 is 0. The first-order valence-corrected chi connectivity index (χ1v) is 9.94. The number of carbonyl (C=O) groups excluding carboxylic acids is 1. The predicted molar refractivity (Wildman–Crippen MR) is 106 cm³/mol. The SMILES string of the molecule is COc1ccccc1[C@H](C)NC(=O)CN(c1ccc(F)cc1)S(=O)(=O)N(C)C. The van der Waals surface area contributed by atoms with E-state index in [0.29, 0.717) is 5.75 Å². The third-order valence-electron chi connectivity index (χ3n) is 4.12. The van der Waals surface area contributed by atoms with E-state index in [-0.39, 0.29) is 5.69 Å². The minimum Gasteiger partial charge on any atom is -0.496 e. The number of para-hydroxylation sites is 1. The second-order valence-electron chi connectivity index (χ2n) is 6.30. The lowest BCUT2D eigenvalue weighted by Gasteiger charge is -2.27. The van der Waals surface area contributed by atoms with Crippen LogP contribution in [0.15, 0.2) is 48.5 Å². The van der Waals surface area contributed by atoms with Gasteiger partial charge < -0.3 is 10.1 Å². The van der Waals surface area contributed by atoms with Gasteiger partial charge in [-0.1, -0.05) is 18.2 Å². The van der Waals surface area contributed by atoms with Crippen LogP contribution in [0, 0.1) is 5.82 Å². The molecule has 0 aliphatic carbocycles. The van der Waals surface area contributed by atoms with Crippen molar-refractivity contribution in [1.29, 1.82) is 0 Å². The van der Waals surface area contributed by atoms with E-state index in [2.05, 4.69) is 5.32 Å². The molecule has 0 bridgehead atoms. The third-order valence-corrected chi connectivity index (χ3v) is 5.94. The number of anilines is 1. The normalized spacial score (nSPS) is 12.5. The van der Waals surface area contributed by atoms with Crippen LogP contribution >= 0.6 is 0 Å². The maximum Gasteiger partial charge on any atom is 0.304 e. The van der Waals surface area contributed by atoms with E-state index in [0.717, 1.165) is 26.3 Å². The highest BCUT2D eigenvalue weighted by atomic mass is 32.2. The molecular formula is C19H24FN3O4S. The summed E-state index contributed by atoms with van der Waals surface area (Å²) in [5, 5.41) is 2.78. The number of halogens is 1. The van der Waals surface area contributed by atoms with Crippen molar-refractivity contribution in [1.82, 2.24) is 9.62 Å². The van der Waals surface area contributed by atoms with Crippen molar-refractivity contribution in [2.24, 2.45) is 0 Å². The van der Waals surface area contributed by atoms with Crippen LogP contribution in [-0.4, -0.2) is 46.4 Å². The topological polar surface area (TPSA) is 79.0 Å². The third kappa shape index (κ3) is 4.99. The number of benzene rings is 2. The lowest BCUT2D eigenvalue weighted by Crippen LogP contribution is -2.46. The van der Waals surface area contributed by atoms with Crippen molar-refractivity contribution >= 4 is 21.8 Å². The molecule has 28 heavy (non-hydrogen) atoms. The zero-order valence-electron chi connectivity index (χ0n) is 16.2. The Hall–Kier alpha value is -2.65. The average molecular weight is 409 g/mol. The first kappa shape index (κ1) is 21.6. The molecule has 7 nitrogen and oxygen atoms in total. The fourth-order valence-electron chi connectivity index (χ4n) is 2.63. The van der Waals surface area contributed by atoms with Crippen molar-refractivity contribution < 1.29 is 22.3 Å². The Morgan fingerprint density at radius 2 is 1.75 bits per heavy atom. The molecule has 0 fully saturated rings. The maximum atomic E-state index is 13.2. The highest BCUT2D eigenvalue weighted by Gasteiger charge is 2.28. The number of hydrogen-bond donors (Lipinski definition) is 1. The summed E-state index contributed by atoms with van der Waals surface area (Å²) in [5.41, 5.74) is 0.956. The van der Waals surface area contributed by atoms with Gasteiger partial charge in [-0.15, -0.1) is 0 Å². The summed E-state index contributed by atoms with van der Waals surface area (Å²) in [4.78, 5) is 12.6. The van der Waals surface area contributed by atoms with Gasteiger partial charge >= 0.3 is 10.2 Å². The van der Waals surface area contributed by atoms with Gasteiger partial charge in [-0.3, -0.25) is 4.79 Å². The number of nitrogens with zero attached hydrogens (tertiary/aromatic N) is 2. The van der Waals surface area contributed by atoms with Gasteiger partial charge in [-0.25, -0.2) is 8.70 Å². The summed E-state index contributed by atoms with van der Waals surface area (Å²) in [5.74, 6) is -0.389. The van der Waals surface area contributed by atoms with Crippen LogP contribution in [0.2, 0.25) is 0 Å². The molecule has 2 rings (SSSR count). The van der Waals surface area contributed by atoms with E-state index in [1.165, 1.54) is 33.3 Å². The summed E-state index contributed by atoms with van der Waals surface area (Å²) < 4.78 is 45.8. The van der Waals surface area contributed by atoms with Crippen LogP contribution in [0.25, 0.3) is 0 Å². The van der Waals surface area contributed by atoms with Crippen molar-refractivity contribution in [3.63, 3.8) is 0 Å². The molecule has 0 radical (unpaired) electrons. The van der Waals surface area contributed by atoms with Crippen molar-refractivity contribution in [2.45, 2.75) is 13.0 Å². The lowest BCUT2D eigenvalue weighted by molar-refractivity contribution is -0.120. The Morgan fingerprint density at radius 1 is 1.14 bits per heavy atom. The molecule has 2 aromatic carbocycles. The van der Waals surface area contributed by atoms with E-state index in [9.17, 15) is 17.6 Å². The number of methoxy groups -OCH3 is 1. The quantitative estimate of drug-likeness (QED) is 0.726. The van der Waals surface area contributed by atoms with Crippen LogP contribution in [0.5, 0.6) is 5.75 Å². The van der Waals surface area contributed by atoms with E-state index in [1.807, 2.05) is 18.2 Å². The lowest BCUT2D eigenvalue weighted by atomic mass is 10.1. The highest BCUT2D eigenvalue weighted by Crippen LogP contribution is 2.25. The number of ether oxygens (including phenoxy) is 1. The van der Waals surface area contributed by atoms with Crippen LogP contribution in [-0.2, 0) is 15.0 Å². The highest BCUT2D eigenvalue weighted by molar-refractivity contribution is 7.90. The van der Waals surface area contributed by atoms with E-state index in [1.54, 1.807) is 13.0 Å². The van der Waals surface area contributed by atoms with E-state index < -0.39 is 34.5 Å². The summed E-state index contributed by atoms with van der Waals surface area (Å²) in [6, 6.07) is 11.7. The van der Waals surface area contributed by atoms with E-state index >= 15 is 0 Å². The number of hydrogen-bond acceptors (Lipinski definition) is 4. The molecular weight excluding hydrogens is 385 g/mol. The maximum absolute atomic E-state index is 13.2. The van der Waals surface area contributed by atoms with E-state index in [4.69, 9.17) is 4.74 Å². The molecule has 1 atom stereocenters. The molecule has 0 unspecified atom stereocenters. The van der Waals surface area contributed by atoms with Crippen molar-refractivity contribution in [2.75, 3.05) is 32.1 Å². The first-order valence-electron chi connectivity index (χ1n) is 8.55. The van der Waals surface area contributed by atoms with Crippen molar-refractivity contribution in [3.8, 4) is 5.75 Å². The molecule has 0 aliphatic rings. The van der Waals surface area contributed by atoms with Gasteiger partial charge in [0.2, 0.25) is 5.91 Å². The van der Waals surface area contributed by atoms with Gasteiger partial charge in [0.1, 0.15) is 18.1 Å². The smallest absolute Gasteiger partial charge is 0.304 e. The minimum atomic E-state index is -3.95. The Labute approximate surface area is 164 Å². The summed E-state index contributed by atoms with van der Waals surface area (Å²) in [6.07, 6.45) is 0. The Balaban J connectivity index is 2.24. The Bertz CT molecular complexity index is 917. The monoisotopic (exact) mass is 409 g/mol. The zero-order chi connectivity index (χ0) is 20.9. The summed E-state index contributed by atoms with van der Waals surface area (Å²) in [6.45, 7) is 1.32. The predicted octanol–water partition coefficient (Wildman–Crippen LogP) is 2.32. The average Bonchev–Trinajstić information content (AvgIpc) is 2.66. The molecule has 9 heteroatoms. The first-order chi connectivity index (χ1) is 13.2. The molecule has 0 aliphatic heterocycles. The van der Waals surface area contributed by atoms with Gasteiger partial charge in [0.25, 0.3) is 0 Å². The number of amides is 1. The number of rotatable bonds is 8. The molecule has 0 aromatic heterocycles. The van der Waals surface area contributed by atoms with Crippen LogP contribution in [0.1, 0.15) is 18.5 Å². The standard InChI is InChI=1S/C19H24FN3O4S/c1-14(17-7-5-6-8-18(17)27-4)21-19(24)13-23(28(25,26)22(2)3)16-11-9-15(20)10-12-16/h5-12,14H,13H2,1-4H3,(H,21,24)/t14-/m0/s1. The largest absolute Gasteiger partial charge is 0.496 e. The van der Waals surface area contributed by atoms with Gasteiger partial charge in [0.15, 0.2) is 0 Å². The summed E-state index contributed by atoms with van der Waals surface area (Å²) in [7, 11) is 0.305. The Kier molecular flexibility index (Phi) is 6.98. The molecule has 0 spiro atoms. The molecule has 0 saturated carbocycles. The zero-order valence-corrected chi connectivity index (χ0v) is 17.0. The van der Waals surface area contributed by atoms with Crippen LogP contribution in [0.3, 0.4) is 0 Å². The van der Waals surface area contributed by atoms with Crippen LogP contribution < -0.4 is 14.4 Å². The van der Waals surface area contributed by atoms with Crippen LogP contribution in [0.4, 0.5) is 10.1 Å². The number of carbonyl (C=O) groups is 1. The second kappa shape index (κ2) is 9.03. The molecule has 0 saturated heterocycles. The fourth-order valence-corrected chi connectivity index (χ4v) is 3.69. The molecule has 0 heterocycles. The van der Waals surface area contributed by atoms with Gasteiger partial charge in [0, 0.05) is 19.7 Å². The van der Waals surface area contributed by atoms with Gasteiger partial charge in [0.05, 0.1) is 18.8 Å². The molecule has 1 amide bonds. The van der Waals surface area contributed by atoms with Gasteiger partial charge in [-0.05, 0) is 37.3 Å². The molecule has 1 N–H and O–H groups in total. The second-order valence-corrected chi connectivity index (χ2v) is 8.37.